The van der Waals surface area contributed by atoms with Gasteiger partial charge in [0.2, 0.25) is 0 Å². The van der Waals surface area contributed by atoms with Crippen molar-refractivity contribution in [1.82, 2.24) is 0 Å². The van der Waals surface area contributed by atoms with E-state index in [4.69, 9.17) is 9.47 Å². The Morgan fingerprint density at radius 3 is 2.00 bits per heavy atom. The molecule has 0 N–H and O–H groups in total. The number of ether oxygens (including phenoxy) is 2. The highest BCUT2D eigenvalue weighted by molar-refractivity contribution is 7.91. The van der Waals surface area contributed by atoms with Crippen LogP contribution in [-0.4, -0.2) is 39.5 Å². The molecule has 0 atom stereocenters. The fourth-order valence-corrected chi connectivity index (χ4v) is 3.14. The topological polar surface area (TPSA) is 69.7 Å². The summed E-state index contributed by atoms with van der Waals surface area (Å²) in [6, 6.07) is 5.98. The zero-order valence-electron chi connectivity index (χ0n) is 12.7. The van der Waals surface area contributed by atoms with Gasteiger partial charge < -0.3 is 9.47 Å². The molecule has 6 heteroatoms. The van der Waals surface area contributed by atoms with Gasteiger partial charge in [0, 0.05) is 25.2 Å². The van der Waals surface area contributed by atoms with Gasteiger partial charge in [-0.15, -0.1) is 0 Å². The highest BCUT2D eigenvalue weighted by Gasteiger charge is 2.22. The summed E-state index contributed by atoms with van der Waals surface area (Å²) < 4.78 is 35.1. The normalized spacial score (nSPS) is 11.8. The van der Waals surface area contributed by atoms with E-state index < -0.39 is 16.1 Å². The first kappa shape index (κ1) is 17.8. The van der Waals surface area contributed by atoms with E-state index in [-0.39, 0.29) is 16.4 Å². The number of hydrogen-bond donors (Lipinski definition) is 0. The molecule has 5 nitrogen and oxygen atoms in total. The van der Waals surface area contributed by atoms with E-state index in [0.717, 1.165) is 0 Å². The molecule has 1 aromatic carbocycles. The summed E-state index contributed by atoms with van der Waals surface area (Å²) in [7, 11) is -3.51. The molecule has 0 saturated carbocycles. The Morgan fingerprint density at radius 1 is 1.05 bits per heavy atom. The SMILES string of the molecule is CCOC(CS(=O)(=O)c1ccc(C(=O)CC)cc1)OCC. The maximum Gasteiger partial charge on any atom is 0.183 e. The number of ketones is 1. The average molecular weight is 314 g/mol. The van der Waals surface area contributed by atoms with Crippen LogP contribution in [0.1, 0.15) is 37.6 Å². The van der Waals surface area contributed by atoms with Crippen LogP contribution in [0.25, 0.3) is 0 Å². The van der Waals surface area contributed by atoms with Gasteiger partial charge in [0.15, 0.2) is 21.9 Å². The first-order chi connectivity index (χ1) is 9.94. The van der Waals surface area contributed by atoms with Gasteiger partial charge in [0.05, 0.1) is 4.90 Å². The average Bonchev–Trinajstić information content (AvgIpc) is 2.46. The molecule has 0 aliphatic rings. The molecule has 0 aliphatic carbocycles. The number of hydrogen-bond acceptors (Lipinski definition) is 5. The van der Waals surface area contributed by atoms with Crippen molar-refractivity contribution in [2.45, 2.75) is 38.4 Å². The lowest BCUT2D eigenvalue weighted by molar-refractivity contribution is -0.120. The molecule has 0 spiro atoms. The number of carbonyl (C=O) groups excluding carboxylic acids is 1. The van der Waals surface area contributed by atoms with Gasteiger partial charge in [-0.2, -0.15) is 0 Å². The molecule has 21 heavy (non-hydrogen) atoms. The highest BCUT2D eigenvalue weighted by atomic mass is 32.2. The molecule has 0 unspecified atom stereocenters. The fraction of sp³-hybridized carbons (Fsp3) is 0.533. The number of rotatable bonds is 9. The van der Waals surface area contributed by atoms with Crippen LogP contribution in [0, 0.1) is 0 Å². The number of Topliss-reactive ketones (excluding diaryl/α,β-unsaturated/α-hetero) is 1. The Morgan fingerprint density at radius 2 is 1.57 bits per heavy atom. The van der Waals surface area contributed by atoms with E-state index in [1.807, 2.05) is 0 Å². The minimum absolute atomic E-state index is 0.0135. The van der Waals surface area contributed by atoms with Crippen molar-refractivity contribution in [1.29, 1.82) is 0 Å². The smallest absolute Gasteiger partial charge is 0.183 e. The third kappa shape index (κ3) is 5.22. The number of carbonyl (C=O) groups is 1. The maximum atomic E-state index is 12.3. The van der Waals surface area contributed by atoms with E-state index in [9.17, 15) is 13.2 Å². The first-order valence-corrected chi connectivity index (χ1v) is 8.69. The fourth-order valence-electron chi connectivity index (χ4n) is 1.84. The van der Waals surface area contributed by atoms with Crippen LogP contribution >= 0.6 is 0 Å². The van der Waals surface area contributed by atoms with Crippen LogP contribution in [0.15, 0.2) is 29.2 Å². The van der Waals surface area contributed by atoms with Crippen molar-refractivity contribution in [2.24, 2.45) is 0 Å². The predicted octanol–water partition coefficient (Wildman–Crippen LogP) is 2.45. The largest absolute Gasteiger partial charge is 0.352 e. The molecule has 0 saturated heterocycles. The standard InChI is InChI=1S/C15H22O5S/c1-4-14(16)12-7-9-13(10-8-12)21(17,18)11-15(19-5-2)20-6-3/h7-10,15H,4-6,11H2,1-3H3. The molecule has 0 bridgehead atoms. The van der Waals surface area contributed by atoms with Crippen molar-refractivity contribution >= 4 is 15.6 Å². The molecule has 0 fully saturated rings. The lowest BCUT2D eigenvalue weighted by atomic mass is 10.1. The third-order valence-corrected chi connectivity index (χ3v) is 4.62. The van der Waals surface area contributed by atoms with Gasteiger partial charge in [-0.25, -0.2) is 8.42 Å². The molecular formula is C15H22O5S. The van der Waals surface area contributed by atoms with Crippen molar-refractivity contribution in [2.75, 3.05) is 19.0 Å². The summed E-state index contributed by atoms with van der Waals surface area (Å²) in [6.07, 6.45) is -0.384. The Bertz CT molecular complexity index is 542. The summed E-state index contributed by atoms with van der Waals surface area (Å²) >= 11 is 0. The molecular weight excluding hydrogens is 292 g/mol. The first-order valence-electron chi connectivity index (χ1n) is 7.03. The quantitative estimate of drug-likeness (QED) is 0.517. The van der Waals surface area contributed by atoms with Gasteiger partial charge in [0.1, 0.15) is 5.75 Å². The van der Waals surface area contributed by atoms with Gasteiger partial charge in [-0.1, -0.05) is 19.1 Å². The minimum atomic E-state index is -3.51. The van der Waals surface area contributed by atoms with E-state index in [1.54, 1.807) is 20.8 Å². The molecule has 0 amide bonds. The van der Waals surface area contributed by atoms with E-state index in [1.165, 1.54) is 24.3 Å². The lowest BCUT2D eigenvalue weighted by Crippen LogP contribution is -2.27. The molecule has 0 heterocycles. The lowest BCUT2D eigenvalue weighted by Gasteiger charge is -2.17. The minimum Gasteiger partial charge on any atom is -0.352 e. The summed E-state index contributed by atoms with van der Waals surface area (Å²) in [6.45, 7) is 6.09. The van der Waals surface area contributed by atoms with E-state index in [0.29, 0.717) is 25.2 Å². The molecule has 1 aromatic rings. The van der Waals surface area contributed by atoms with Crippen LogP contribution in [-0.2, 0) is 19.3 Å². The number of benzene rings is 1. The highest BCUT2D eigenvalue weighted by Crippen LogP contribution is 2.16. The third-order valence-electron chi connectivity index (χ3n) is 2.92. The Labute approximate surface area is 126 Å². The van der Waals surface area contributed by atoms with Crippen LogP contribution < -0.4 is 0 Å². The van der Waals surface area contributed by atoms with E-state index >= 15 is 0 Å². The summed E-state index contributed by atoms with van der Waals surface area (Å²) in [4.78, 5) is 11.7. The number of sulfone groups is 1. The molecule has 0 aromatic heterocycles. The van der Waals surface area contributed by atoms with Crippen LogP contribution in [0.5, 0.6) is 0 Å². The second-order valence-corrected chi connectivity index (χ2v) is 6.46. The Balaban J connectivity index is 2.89. The van der Waals surface area contributed by atoms with Crippen LogP contribution in [0.4, 0.5) is 0 Å². The molecule has 0 aliphatic heterocycles. The van der Waals surface area contributed by atoms with Crippen molar-refractivity contribution < 1.29 is 22.7 Å². The van der Waals surface area contributed by atoms with Gasteiger partial charge >= 0.3 is 0 Å². The van der Waals surface area contributed by atoms with Gasteiger partial charge in [0.25, 0.3) is 0 Å². The van der Waals surface area contributed by atoms with Crippen LogP contribution in [0.2, 0.25) is 0 Å². The Hall–Kier alpha value is -1.24. The predicted molar refractivity (Wildman–Crippen MR) is 80.2 cm³/mol. The second-order valence-electron chi connectivity index (χ2n) is 4.42. The van der Waals surface area contributed by atoms with Crippen molar-refractivity contribution in [3.05, 3.63) is 29.8 Å². The van der Waals surface area contributed by atoms with Crippen molar-refractivity contribution in [3.8, 4) is 0 Å². The zero-order chi connectivity index (χ0) is 15.9. The molecule has 0 radical (unpaired) electrons. The Kier molecular flexibility index (Phi) is 7.01. The van der Waals surface area contributed by atoms with Crippen molar-refractivity contribution in [3.63, 3.8) is 0 Å². The van der Waals surface area contributed by atoms with E-state index in [2.05, 4.69) is 0 Å². The molecule has 118 valence electrons. The monoisotopic (exact) mass is 314 g/mol. The zero-order valence-corrected chi connectivity index (χ0v) is 13.5. The van der Waals surface area contributed by atoms with Gasteiger partial charge in [-0.3, -0.25) is 4.79 Å². The molecule has 1 rings (SSSR count). The van der Waals surface area contributed by atoms with Gasteiger partial charge in [-0.05, 0) is 26.0 Å². The maximum absolute atomic E-state index is 12.3. The summed E-state index contributed by atoms with van der Waals surface area (Å²) in [5.74, 6) is -0.254. The second kappa shape index (κ2) is 8.26. The van der Waals surface area contributed by atoms with Crippen LogP contribution in [0.3, 0.4) is 0 Å². The summed E-state index contributed by atoms with van der Waals surface area (Å²) in [5.41, 5.74) is 0.516. The summed E-state index contributed by atoms with van der Waals surface area (Å²) in [5, 5.41) is 0.